The Bertz CT molecular complexity index is 2050. The molecule has 2 aromatic carbocycles. The van der Waals surface area contributed by atoms with Crippen molar-refractivity contribution in [1.82, 2.24) is 19.9 Å². The van der Waals surface area contributed by atoms with E-state index in [0.29, 0.717) is 23.7 Å². The molecular weight excluding hydrogens is 853 g/mol. The number of aryl methyl sites for hydroxylation is 1. The van der Waals surface area contributed by atoms with Crippen LogP contribution in [-0.4, -0.2) is 30.8 Å². The van der Waals surface area contributed by atoms with Gasteiger partial charge in [-0.05, 0) is 65.7 Å². The number of hydrogen-bond donors (Lipinski definition) is 1. The Hall–Kier alpha value is -3.06. The number of ketones is 1. The number of allylic oxidation sites excluding steroid dienone is 2. The molecule has 0 saturated carbocycles. The molecule has 1 radical (unpaired) electrons. The number of rotatable bonds is 9. The normalized spacial score (nSPS) is 12.9. The van der Waals surface area contributed by atoms with Crippen LogP contribution in [0, 0.1) is 53.9 Å². The molecule has 0 aliphatic rings. The van der Waals surface area contributed by atoms with Crippen LogP contribution in [0.4, 0.5) is 0 Å². The number of aromatic nitrogens is 4. The molecule has 0 spiro atoms. The van der Waals surface area contributed by atoms with Gasteiger partial charge in [-0.1, -0.05) is 126 Å². The Morgan fingerprint density at radius 2 is 1.45 bits per heavy atom. The minimum Gasteiger partial charge on any atom is -0.512 e. The van der Waals surface area contributed by atoms with E-state index in [0.717, 1.165) is 44.6 Å². The zero-order valence-electron chi connectivity index (χ0n) is 34.6. The molecule has 289 valence electrons. The van der Waals surface area contributed by atoms with E-state index >= 15 is 0 Å². The van der Waals surface area contributed by atoms with Crippen LogP contribution >= 0.6 is 11.3 Å². The van der Waals surface area contributed by atoms with Gasteiger partial charge in [-0.2, -0.15) is 0 Å². The van der Waals surface area contributed by atoms with E-state index < -0.39 is 0 Å². The van der Waals surface area contributed by atoms with Crippen LogP contribution in [0.5, 0.6) is 0 Å². The minimum absolute atomic E-state index is 0. The summed E-state index contributed by atoms with van der Waals surface area (Å²) in [4.78, 5) is 30.9. The van der Waals surface area contributed by atoms with Crippen molar-refractivity contribution in [3.05, 3.63) is 71.6 Å². The SMILES string of the molecule is CC(C)C(C(=O)/C=C(\O)C(C(C)C)C(C)C)C(C)C.Cc1ncc2[c-]c(-c3ncnc4c3sc3cc(CC(C)(C)C)ccc34)cc(C(C)(C)C)c2n1.[Ir]. The van der Waals surface area contributed by atoms with Gasteiger partial charge in [0, 0.05) is 64.0 Å². The molecule has 1 N–H and O–H groups in total. The van der Waals surface area contributed by atoms with Gasteiger partial charge in [0.15, 0.2) is 5.78 Å². The standard InChI is InChI=1S/C28H29N4S.C17H32O2.Ir/c1-16-29-14-19-11-18(12-21(23(19)32-16)28(5,6)7)24-26-25(31-15-30-24)20-9-8-17(10-22(20)33-26)13-27(2,3)4;1-10(2)16(11(3)4)14(18)9-15(19)17(12(5)6)13(7)8;/h8-10,12,14-15H,13H2,1-7H3;9-13,16-18H,1-8H3;/q-1;;/b;14-9-;. The number of aliphatic hydroxyl groups is 1. The van der Waals surface area contributed by atoms with Gasteiger partial charge in [-0.3, -0.25) is 19.7 Å². The van der Waals surface area contributed by atoms with Gasteiger partial charge in [-0.25, -0.2) is 4.98 Å². The summed E-state index contributed by atoms with van der Waals surface area (Å²) >= 11 is 1.77. The van der Waals surface area contributed by atoms with Crippen molar-refractivity contribution in [3.63, 3.8) is 0 Å². The van der Waals surface area contributed by atoms with Crippen LogP contribution in [0.15, 0.2) is 48.6 Å². The first-order chi connectivity index (χ1) is 24.1. The van der Waals surface area contributed by atoms with Crippen LogP contribution in [-0.2, 0) is 36.7 Å². The molecule has 3 aromatic heterocycles. The molecule has 0 bridgehead atoms. The predicted molar refractivity (Wildman–Crippen MR) is 221 cm³/mol. The number of nitrogens with zero attached hydrogens (tertiary/aromatic N) is 4. The van der Waals surface area contributed by atoms with E-state index in [-0.39, 0.29) is 54.3 Å². The van der Waals surface area contributed by atoms with Gasteiger partial charge in [0.1, 0.15) is 12.2 Å². The fourth-order valence-electron chi connectivity index (χ4n) is 7.61. The third-order valence-electron chi connectivity index (χ3n) is 9.67. The van der Waals surface area contributed by atoms with Crippen LogP contribution in [0.1, 0.15) is 114 Å². The van der Waals surface area contributed by atoms with Crippen molar-refractivity contribution >= 4 is 48.3 Å². The topological polar surface area (TPSA) is 88.9 Å². The molecule has 53 heavy (non-hydrogen) atoms. The zero-order valence-corrected chi connectivity index (χ0v) is 37.8. The fourth-order valence-corrected chi connectivity index (χ4v) is 8.83. The first kappa shape index (κ1) is 44.3. The zero-order chi connectivity index (χ0) is 38.9. The molecule has 6 nitrogen and oxygen atoms in total. The van der Waals surface area contributed by atoms with E-state index in [9.17, 15) is 9.90 Å². The van der Waals surface area contributed by atoms with E-state index in [2.05, 4.69) is 137 Å². The summed E-state index contributed by atoms with van der Waals surface area (Å²) in [6, 6.07) is 12.5. The molecule has 0 amide bonds. The maximum atomic E-state index is 12.3. The summed E-state index contributed by atoms with van der Waals surface area (Å²) in [6.07, 6.45) is 6.07. The Balaban J connectivity index is 0.000000327. The number of benzene rings is 2. The summed E-state index contributed by atoms with van der Waals surface area (Å²) in [5.41, 5.74) is 6.57. The summed E-state index contributed by atoms with van der Waals surface area (Å²) in [5, 5.41) is 12.4. The predicted octanol–water partition coefficient (Wildman–Crippen LogP) is 12.3. The number of fused-ring (bicyclic) bond motifs is 4. The quantitative estimate of drug-likeness (QED) is 0.0900. The van der Waals surface area contributed by atoms with Gasteiger partial charge >= 0.3 is 0 Å². The van der Waals surface area contributed by atoms with Gasteiger partial charge in [0.25, 0.3) is 0 Å². The average Bonchev–Trinajstić information content (AvgIpc) is 3.36. The first-order valence-corrected chi connectivity index (χ1v) is 19.7. The van der Waals surface area contributed by atoms with Gasteiger partial charge in [0.2, 0.25) is 0 Å². The summed E-state index contributed by atoms with van der Waals surface area (Å²) in [7, 11) is 0. The summed E-state index contributed by atoms with van der Waals surface area (Å²) in [5.74, 6) is 2.40. The second-order valence-corrected chi connectivity index (χ2v) is 19.1. The maximum absolute atomic E-state index is 12.3. The van der Waals surface area contributed by atoms with E-state index in [4.69, 9.17) is 9.97 Å². The molecule has 0 atom stereocenters. The molecule has 8 heteroatoms. The number of carbonyl (C=O) groups is 1. The van der Waals surface area contributed by atoms with Gasteiger partial charge in [-0.15, -0.1) is 23.5 Å². The fraction of sp³-hybridized carbons (Fsp3) is 0.533. The van der Waals surface area contributed by atoms with Crippen molar-refractivity contribution in [2.24, 2.45) is 40.9 Å². The number of thiophene rings is 1. The molecule has 0 unspecified atom stereocenters. The first-order valence-electron chi connectivity index (χ1n) is 18.9. The summed E-state index contributed by atoms with van der Waals surface area (Å²) in [6.45, 7) is 32.0. The van der Waals surface area contributed by atoms with Crippen molar-refractivity contribution in [2.75, 3.05) is 0 Å². The maximum Gasteiger partial charge on any atom is 0.162 e. The smallest absolute Gasteiger partial charge is 0.162 e. The Morgan fingerprint density at radius 3 is 2.00 bits per heavy atom. The number of hydrogen-bond acceptors (Lipinski definition) is 7. The van der Waals surface area contributed by atoms with Crippen LogP contribution < -0.4 is 0 Å². The van der Waals surface area contributed by atoms with Crippen molar-refractivity contribution in [3.8, 4) is 11.3 Å². The van der Waals surface area contributed by atoms with Crippen LogP contribution in [0.2, 0.25) is 0 Å². The molecule has 0 aliphatic heterocycles. The Labute approximate surface area is 336 Å². The molecule has 0 aliphatic carbocycles. The molecule has 0 saturated heterocycles. The van der Waals surface area contributed by atoms with Crippen LogP contribution in [0.25, 0.3) is 42.5 Å². The number of carbonyl (C=O) groups excluding carboxylic acids is 1. The van der Waals surface area contributed by atoms with Crippen molar-refractivity contribution in [2.45, 2.75) is 116 Å². The molecule has 0 fully saturated rings. The Morgan fingerprint density at radius 1 is 0.849 bits per heavy atom. The third kappa shape index (κ3) is 10.8. The van der Waals surface area contributed by atoms with Crippen LogP contribution in [0.3, 0.4) is 0 Å². The van der Waals surface area contributed by atoms with Crippen molar-refractivity contribution < 1.29 is 30.0 Å². The largest absolute Gasteiger partial charge is 0.512 e. The molecule has 5 aromatic rings. The Kier molecular flexibility index (Phi) is 14.7. The molecule has 5 rings (SSSR count). The number of aliphatic hydroxyl groups excluding tert-OH is 1. The summed E-state index contributed by atoms with van der Waals surface area (Å²) < 4.78 is 2.35. The van der Waals surface area contributed by atoms with E-state index in [1.807, 2.05) is 13.1 Å². The average molecular weight is 914 g/mol. The molecule has 3 heterocycles. The van der Waals surface area contributed by atoms with E-state index in [1.165, 1.54) is 27.3 Å². The monoisotopic (exact) mass is 914 g/mol. The third-order valence-corrected chi connectivity index (χ3v) is 10.8. The van der Waals surface area contributed by atoms with Crippen molar-refractivity contribution in [1.29, 1.82) is 0 Å². The van der Waals surface area contributed by atoms with Gasteiger partial charge < -0.3 is 5.11 Å². The van der Waals surface area contributed by atoms with Gasteiger partial charge in [0.05, 0.1) is 11.3 Å². The second-order valence-electron chi connectivity index (χ2n) is 18.1. The molecular formula is C45H61IrN4O2S-. The van der Waals surface area contributed by atoms with E-state index in [1.54, 1.807) is 17.7 Å². The minimum atomic E-state index is -0.0724. The second kappa shape index (κ2) is 17.6.